The average Bonchev–Trinajstić information content (AvgIpc) is 3.46. The van der Waals surface area contributed by atoms with Gasteiger partial charge in [0.15, 0.2) is 0 Å². The summed E-state index contributed by atoms with van der Waals surface area (Å²) in [7, 11) is -3.84. The maximum atomic E-state index is 14.1. The molecule has 0 aliphatic carbocycles. The molecule has 1 fully saturated rings. The number of hydrogen-bond donors (Lipinski definition) is 1. The van der Waals surface area contributed by atoms with Crippen LogP contribution >= 0.6 is 0 Å². The van der Waals surface area contributed by atoms with Crippen LogP contribution in [-0.4, -0.2) is 59.0 Å². The van der Waals surface area contributed by atoms with E-state index in [0.29, 0.717) is 31.7 Å². The molecule has 2 N–H and O–H groups in total. The standard InChI is InChI=1S/C37H47N5O5S/c1-7-27-22-41(48(44,45)32-14-10-9-13-31(32)47-27)21-26-20-25(16-15-23(26)3)33(37(5,6)35-29(36(38)43)12-11-19-46-35)28-17-18-30-34(24(28)4)39-40-42(30)8-2/h9-10,13-18,20,27,29,33,35H,7-8,11-12,19,21-22H2,1-6H3,(H2,38,43)/t27-,29?,33+,35?/m1/s1. The highest BCUT2D eigenvalue weighted by Gasteiger charge is 2.47. The minimum absolute atomic E-state index is 0.185. The summed E-state index contributed by atoms with van der Waals surface area (Å²) in [5.41, 5.74) is 12.1. The first-order chi connectivity index (χ1) is 22.9. The molecule has 2 aliphatic rings. The quantitative estimate of drug-likeness (QED) is 0.235. The smallest absolute Gasteiger partial charge is 0.247 e. The number of ether oxygens (including phenoxy) is 2. The predicted octanol–water partition coefficient (Wildman–Crippen LogP) is 5.87. The molecule has 6 rings (SSSR count). The molecule has 2 aliphatic heterocycles. The molecule has 3 aromatic carbocycles. The fourth-order valence-corrected chi connectivity index (χ4v) is 9.31. The van der Waals surface area contributed by atoms with E-state index in [1.807, 2.05) is 25.5 Å². The van der Waals surface area contributed by atoms with Crippen LogP contribution in [0.1, 0.15) is 80.7 Å². The van der Waals surface area contributed by atoms with E-state index in [2.05, 4.69) is 61.4 Å². The number of amides is 1. The van der Waals surface area contributed by atoms with Gasteiger partial charge in [-0.1, -0.05) is 62.4 Å². The number of carbonyl (C=O) groups is 1. The van der Waals surface area contributed by atoms with Crippen LogP contribution in [0.4, 0.5) is 0 Å². The minimum atomic E-state index is -3.84. The molecule has 10 nitrogen and oxygen atoms in total. The second kappa shape index (κ2) is 13.2. The number of hydrogen-bond acceptors (Lipinski definition) is 7. The summed E-state index contributed by atoms with van der Waals surface area (Å²) in [5.74, 6) is -0.638. The molecule has 4 atom stereocenters. The van der Waals surface area contributed by atoms with Crippen LogP contribution in [0.5, 0.6) is 5.75 Å². The molecular weight excluding hydrogens is 627 g/mol. The third-order valence-corrected chi connectivity index (χ3v) is 12.3. The fraction of sp³-hybridized carbons (Fsp3) is 0.486. The Morgan fingerprint density at radius 1 is 1.10 bits per heavy atom. The molecule has 48 heavy (non-hydrogen) atoms. The SMILES string of the molecule is CC[C@@H]1CN(Cc2cc([C@@H](c3ccc4c(nnn4CC)c3C)C(C)(C)C3OCCCC3C(N)=O)ccc2C)S(=O)(=O)c2ccccc2O1. The summed E-state index contributed by atoms with van der Waals surface area (Å²) in [6.45, 7) is 14.1. The number of rotatable bonds is 9. The van der Waals surface area contributed by atoms with Crippen LogP contribution in [-0.2, 0) is 32.6 Å². The van der Waals surface area contributed by atoms with Gasteiger partial charge in [-0.2, -0.15) is 4.31 Å². The van der Waals surface area contributed by atoms with Crippen LogP contribution in [0.2, 0.25) is 0 Å². The maximum Gasteiger partial charge on any atom is 0.247 e. The molecule has 3 heterocycles. The van der Waals surface area contributed by atoms with Crippen molar-refractivity contribution in [2.75, 3.05) is 13.2 Å². The Labute approximate surface area is 283 Å². The molecule has 2 unspecified atom stereocenters. The molecule has 1 saturated heterocycles. The lowest BCUT2D eigenvalue weighted by Crippen LogP contribution is -2.49. The third kappa shape index (κ3) is 6.01. The summed E-state index contributed by atoms with van der Waals surface area (Å²) < 4.78 is 44.2. The van der Waals surface area contributed by atoms with Gasteiger partial charge < -0.3 is 15.2 Å². The highest BCUT2D eigenvalue weighted by atomic mass is 32.2. The van der Waals surface area contributed by atoms with E-state index in [9.17, 15) is 13.2 Å². The molecule has 1 aromatic heterocycles. The van der Waals surface area contributed by atoms with Gasteiger partial charge in [-0.15, -0.1) is 5.10 Å². The van der Waals surface area contributed by atoms with E-state index in [-0.39, 0.29) is 35.9 Å². The normalized spacial score (nSPS) is 22.1. The van der Waals surface area contributed by atoms with E-state index in [1.165, 1.54) is 0 Å². The number of nitrogens with two attached hydrogens (primary N) is 1. The number of fused-ring (bicyclic) bond motifs is 2. The van der Waals surface area contributed by atoms with Crippen molar-refractivity contribution < 1.29 is 22.7 Å². The van der Waals surface area contributed by atoms with Crippen molar-refractivity contribution in [2.24, 2.45) is 17.1 Å². The number of benzene rings is 3. The Bertz CT molecular complexity index is 1940. The second-order valence-corrected chi connectivity index (χ2v) is 15.7. The van der Waals surface area contributed by atoms with Crippen LogP contribution in [0, 0.1) is 25.2 Å². The van der Waals surface area contributed by atoms with Crippen molar-refractivity contribution in [3.8, 4) is 5.75 Å². The van der Waals surface area contributed by atoms with Crippen molar-refractivity contribution in [3.63, 3.8) is 0 Å². The summed E-state index contributed by atoms with van der Waals surface area (Å²) >= 11 is 0. The van der Waals surface area contributed by atoms with Gasteiger partial charge in [0.2, 0.25) is 15.9 Å². The van der Waals surface area contributed by atoms with Gasteiger partial charge in [0.25, 0.3) is 0 Å². The first-order valence-corrected chi connectivity index (χ1v) is 18.4. The van der Waals surface area contributed by atoms with Gasteiger partial charge in [-0.25, -0.2) is 13.1 Å². The number of nitrogens with zero attached hydrogens (tertiary/aromatic N) is 4. The van der Waals surface area contributed by atoms with Gasteiger partial charge >= 0.3 is 0 Å². The van der Waals surface area contributed by atoms with Crippen molar-refractivity contribution in [2.45, 2.75) is 96.9 Å². The Kier molecular flexibility index (Phi) is 9.41. The zero-order chi connectivity index (χ0) is 34.4. The monoisotopic (exact) mass is 673 g/mol. The molecule has 11 heteroatoms. The largest absolute Gasteiger partial charge is 0.488 e. The molecule has 0 bridgehead atoms. The molecule has 0 saturated carbocycles. The summed E-state index contributed by atoms with van der Waals surface area (Å²) in [6.07, 6.45) is 1.42. The van der Waals surface area contributed by atoms with Crippen molar-refractivity contribution in [1.29, 1.82) is 0 Å². The van der Waals surface area contributed by atoms with E-state index in [1.54, 1.807) is 28.6 Å². The molecule has 256 valence electrons. The van der Waals surface area contributed by atoms with E-state index in [0.717, 1.165) is 45.3 Å². The second-order valence-electron chi connectivity index (χ2n) is 13.8. The molecular formula is C37H47N5O5S. The molecule has 0 spiro atoms. The first kappa shape index (κ1) is 34.1. The van der Waals surface area contributed by atoms with Crippen LogP contribution in [0.25, 0.3) is 11.0 Å². The van der Waals surface area contributed by atoms with Crippen LogP contribution in [0.15, 0.2) is 59.5 Å². The van der Waals surface area contributed by atoms with E-state index >= 15 is 0 Å². The highest BCUT2D eigenvalue weighted by Crippen LogP contribution is 2.50. The lowest BCUT2D eigenvalue weighted by atomic mass is 9.63. The van der Waals surface area contributed by atoms with E-state index < -0.39 is 27.5 Å². The van der Waals surface area contributed by atoms with Gasteiger partial charge in [0, 0.05) is 31.0 Å². The number of sulfonamides is 1. The topological polar surface area (TPSA) is 130 Å². The Morgan fingerprint density at radius 3 is 2.60 bits per heavy atom. The van der Waals surface area contributed by atoms with Crippen molar-refractivity contribution in [3.05, 3.63) is 82.4 Å². The number of carbonyl (C=O) groups excluding carboxylic acids is 1. The summed E-state index contributed by atoms with van der Waals surface area (Å²) in [5, 5.41) is 8.94. The highest BCUT2D eigenvalue weighted by molar-refractivity contribution is 7.89. The van der Waals surface area contributed by atoms with E-state index in [4.69, 9.17) is 15.2 Å². The Balaban J connectivity index is 1.48. The lowest BCUT2D eigenvalue weighted by Gasteiger charge is -2.46. The Morgan fingerprint density at radius 2 is 1.88 bits per heavy atom. The first-order valence-electron chi connectivity index (χ1n) is 17.0. The van der Waals surface area contributed by atoms with Crippen molar-refractivity contribution in [1.82, 2.24) is 19.3 Å². The molecule has 4 aromatic rings. The third-order valence-electron chi connectivity index (χ3n) is 10.4. The minimum Gasteiger partial charge on any atom is -0.488 e. The van der Waals surface area contributed by atoms with Crippen LogP contribution in [0.3, 0.4) is 0 Å². The zero-order valence-electron chi connectivity index (χ0n) is 28.8. The lowest BCUT2D eigenvalue weighted by molar-refractivity contribution is -0.141. The van der Waals surface area contributed by atoms with Gasteiger partial charge in [0.05, 0.1) is 24.1 Å². The van der Waals surface area contributed by atoms with Gasteiger partial charge in [-0.05, 0) is 86.1 Å². The van der Waals surface area contributed by atoms with Gasteiger partial charge in [-0.3, -0.25) is 4.79 Å². The number of aryl methyl sites for hydroxylation is 3. The van der Waals surface area contributed by atoms with Crippen molar-refractivity contribution >= 4 is 27.0 Å². The Hall–Kier alpha value is -3.80. The predicted molar refractivity (Wildman–Crippen MR) is 185 cm³/mol. The number of primary amides is 1. The molecule has 1 amide bonds. The maximum absolute atomic E-state index is 14.1. The van der Waals surface area contributed by atoms with Crippen LogP contribution < -0.4 is 10.5 Å². The number of para-hydroxylation sites is 1. The van der Waals surface area contributed by atoms with Gasteiger partial charge in [0.1, 0.15) is 22.3 Å². The number of aromatic nitrogens is 3. The average molecular weight is 674 g/mol. The summed E-state index contributed by atoms with van der Waals surface area (Å²) in [4.78, 5) is 13.0. The summed E-state index contributed by atoms with van der Waals surface area (Å²) in [6, 6.07) is 17.4. The zero-order valence-corrected chi connectivity index (χ0v) is 29.6. The fourth-order valence-electron chi connectivity index (χ4n) is 7.74. The molecule has 0 radical (unpaired) electrons.